The Kier molecular flexibility index (Phi) is 7.60. The fourth-order valence-electron chi connectivity index (χ4n) is 5.45. The van der Waals surface area contributed by atoms with E-state index in [1.807, 2.05) is 9.62 Å². The Morgan fingerprint density at radius 3 is 2.44 bits per heavy atom. The van der Waals surface area contributed by atoms with Crippen LogP contribution in [0.15, 0.2) is 35.5 Å². The molecule has 0 saturated carbocycles. The van der Waals surface area contributed by atoms with Gasteiger partial charge in [-0.1, -0.05) is 6.92 Å². The molecule has 1 aromatic carbocycles. The molecule has 15 heteroatoms. The second kappa shape index (κ2) is 10.5. The molecule has 0 aromatic heterocycles. The van der Waals surface area contributed by atoms with Gasteiger partial charge >= 0.3 is 11.9 Å². The number of nitro benzene ring substituents is 1. The second-order valence-electron chi connectivity index (χ2n) is 10.1. The number of ether oxygens (including phenoxy) is 1. The van der Waals surface area contributed by atoms with Crippen LogP contribution in [0.25, 0.3) is 0 Å². The molecule has 3 aliphatic heterocycles. The van der Waals surface area contributed by atoms with E-state index in [0.29, 0.717) is 18.5 Å². The number of fused-ring (bicyclic) bond motifs is 1. The largest absolute Gasteiger partial charge is 0.393 e. The van der Waals surface area contributed by atoms with Crippen LogP contribution >= 0.6 is 0 Å². The van der Waals surface area contributed by atoms with Crippen LogP contribution in [0.1, 0.15) is 30.6 Å². The van der Waals surface area contributed by atoms with E-state index in [0.717, 1.165) is 30.5 Å². The minimum Gasteiger partial charge on any atom is -0.393 e. The smallest absolute Gasteiger partial charge is 0.362 e. The number of non-ortho nitro benzene ring substituents is 1. The Bertz CT molecular complexity index is 1370. The molecule has 5 atom stereocenters. The third-order valence-electron chi connectivity index (χ3n) is 7.33. The van der Waals surface area contributed by atoms with Gasteiger partial charge in [0.25, 0.3) is 5.69 Å². The molecule has 14 nitrogen and oxygen atoms in total. The highest BCUT2D eigenvalue weighted by molar-refractivity contribution is 7.89. The molecule has 3 heterocycles. The summed E-state index contributed by atoms with van der Waals surface area (Å²) in [6, 6.07) is 3.95. The first-order valence-corrected chi connectivity index (χ1v) is 14.1. The van der Waals surface area contributed by atoms with Crippen molar-refractivity contribution in [3.8, 4) is 0 Å². The summed E-state index contributed by atoms with van der Waals surface area (Å²) >= 11 is 0. The lowest BCUT2D eigenvalue weighted by atomic mass is 9.77. The zero-order valence-corrected chi connectivity index (χ0v) is 22.2. The molecule has 0 spiro atoms. The first kappa shape index (κ1) is 28.3. The summed E-state index contributed by atoms with van der Waals surface area (Å²) in [4.78, 5) is 64.4. The molecule has 3 aliphatic rings. The van der Waals surface area contributed by atoms with Crippen LogP contribution in [-0.2, 0) is 29.1 Å². The Morgan fingerprint density at radius 2 is 1.87 bits per heavy atom. The van der Waals surface area contributed by atoms with Crippen molar-refractivity contribution >= 4 is 39.5 Å². The van der Waals surface area contributed by atoms with Crippen LogP contribution in [0.4, 0.5) is 5.69 Å². The number of likely N-dealkylation sites (tertiary alicyclic amines) is 1. The van der Waals surface area contributed by atoms with E-state index in [1.165, 1.54) is 11.8 Å². The van der Waals surface area contributed by atoms with E-state index in [-0.39, 0.29) is 36.0 Å². The number of nitrogens with one attached hydrogen (secondary N) is 1. The van der Waals surface area contributed by atoms with Crippen LogP contribution < -0.4 is 4.72 Å². The summed E-state index contributed by atoms with van der Waals surface area (Å²) < 4.78 is 29.9. The van der Waals surface area contributed by atoms with E-state index in [2.05, 4.69) is 0 Å². The van der Waals surface area contributed by atoms with Crippen molar-refractivity contribution in [2.24, 2.45) is 17.8 Å². The summed E-state index contributed by atoms with van der Waals surface area (Å²) in [5.74, 6) is -4.99. The molecule has 2 N–H and O–H groups in total. The lowest BCUT2D eigenvalue weighted by molar-refractivity contribution is -0.384. The molecule has 2 saturated heterocycles. The second-order valence-corrected chi connectivity index (χ2v) is 11.8. The lowest BCUT2D eigenvalue weighted by Crippen LogP contribution is -2.63. The summed E-state index contributed by atoms with van der Waals surface area (Å²) in [7, 11) is -3.72. The number of nitrogens with zero attached hydrogens (tertiary/aromatic N) is 3. The third kappa shape index (κ3) is 5.55. The number of hydrogen-bond acceptors (Lipinski definition) is 11. The highest BCUT2D eigenvalue weighted by Gasteiger charge is 2.60. The highest BCUT2D eigenvalue weighted by atomic mass is 32.2. The number of carbonyl (C=O) groups excluding carboxylic acids is 4. The summed E-state index contributed by atoms with van der Waals surface area (Å²) in [5.41, 5.74) is 0.0189. The minimum atomic E-state index is -3.72. The SMILES string of the molecule is C[C@@H](O)C1C(=O)N2C(C(=O)OC(=O)c3ccc([N+](=O)[O-])cc3)=C(CN3CC[C@H](C(=O)NS(C)(=O)=O)C3)[C@H](C)[C@H]12. The predicted molar refractivity (Wildman–Crippen MR) is 133 cm³/mol. The predicted octanol–water partition coefficient (Wildman–Crippen LogP) is -0.212. The average Bonchev–Trinajstić information content (AvgIpc) is 3.40. The topological polar surface area (TPSA) is 194 Å². The molecule has 39 heavy (non-hydrogen) atoms. The van der Waals surface area contributed by atoms with Crippen LogP contribution in [0.3, 0.4) is 0 Å². The number of nitro groups is 1. The Labute approximate surface area is 223 Å². The monoisotopic (exact) mass is 564 g/mol. The van der Waals surface area contributed by atoms with Gasteiger partial charge in [-0.25, -0.2) is 18.0 Å². The number of aliphatic hydroxyl groups is 1. The van der Waals surface area contributed by atoms with Gasteiger partial charge in [-0.3, -0.25) is 29.3 Å². The quantitative estimate of drug-likeness (QED) is 0.139. The first-order chi connectivity index (χ1) is 18.2. The molecule has 2 amide bonds. The fourth-order valence-corrected chi connectivity index (χ4v) is 5.98. The normalized spacial score (nSPS) is 25.6. The van der Waals surface area contributed by atoms with Crippen molar-refractivity contribution in [3.05, 3.63) is 51.2 Å². The number of sulfonamides is 1. The lowest BCUT2D eigenvalue weighted by Gasteiger charge is -2.46. The molecular weight excluding hydrogens is 536 g/mol. The molecular formula is C24H28N4O10S. The number of β-lactam (4-membered cyclic amide) rings is 1. The van der Waals surface area contributed by atoms with E-state index >= 15 is 0 Å². The minimum absolute atomic E-state index is 0.102. The third-order valence-corrected chi connectivity index (χ3v) is 7.90. The van der Waals surface area contributed by atoms with E-state index in [1.54, 1.807) is 6.92 Å². The van der Waals surface area contributed by atoms with E-state index < -0.39 is 62.7 Å². The van der Waals surface area contributed by atoms with Crippen molar-refractivity contribution in [2.45, 2.75) is 32.4 Å². The summed E-state index contributed by atoms with van der Waals surface area (Å²) in [5, 5.41) is 21.0. The van der Waals surface area contributed by atoms with Gasteiger partial charge < -0.3 is 14.7 Å². The first-order valence-electron chi connectivity index (χ1n) is 12.2. The number of amides is 2. The number of rotatable bonds is 8. The maximum atomic E-state index is 13.3. The maximum absolute atomic E-state index is 13.3. The molecule has 0 aliphatic carbocycles. The average molecular weight is 565 g/mol. The zero-order chi connectivity index (χ0) is 28.8. The van der Waals surface area contributed by atoms with Gasteiger partial charge in [0.15, 0.2) is 0 Å². The Balaban J connectivity index is 1.56. The zero-order valence-electron chi connectivity index (χ0n) is 21.4. The van der Waals surface area contributed by atoms with Crippen molar-refractivity contribution in [3.63, 3.8) is 0 Å². The van der Waals surface area contributed by atoms with Crippen LogP contribution in [-0.4, -0.2) is 90.0 Å². The molecule has 210 valence electrons. The van der Waals surface area contributed by atoms with Crippen LogP contribution in [0.5, 0.6) is 0 Å². The van der Waals surface area contributed by atoms with Gasteiger partial charge in [0.2, 0.25) is 21.8 Å². The van der Waals surface area contributed by atoms with Gasteiger partial charge in [-0.15, -0.1) is 0 Å². The van der Waals surface area contributed by atoms with Crippen molar-refractivity contribution in [1.82, 2.24) is 14.5 Å². The molecule has 4 rings (SSSR count). The number of aliphatic hydroxyl groups excluding tert-OH is 1. The molecule has 1 unspecified atom stereocenters. The number of hydrogen-bond donors (Lipinski definition) is 2. The maximum Gasteiger partial charge on any atom is 0.362 e. The van der Waals surface area contributed by atoms with Crippen LogP contribution in [0, 0.1) is 27.9 Å². The molecule has 0 bridgehead atoms. The van der Waals surface area contributed by atoms with Crippen molar-refractivity contribution in [1.29, 1.82) is 0 Å². The molecule has 2 fully saturated rings. The highest BCUT2D eigenvalue weighted by Crippen LogP contribution is 2.47. The number of esters is 2. The summed E-state index contributed by atoms with van der Waals surface area (Å²) in [6.45, 7) is 4.04. The summed E-state index contributed by atoms with van der Waals surface area (Å²) in [6.07, 6.45) is 0.290. The standard InChI is InChI=1S/C24H28N4O10S/c1-12-17(11-26-9-8-15(10-26)21(30)25-39(3,36)37)20(27-19(12)18(13(2)29)22(27)31)24(33)38-23(32)14-4-6-16(7-5-14)28(34)35/h4-7,12-13,15,18-19,29H,8-11H2,1-3H3,(H,25,30)/t12-,13+,15-,18?,19+/m0/s1. The van der Waals surface area contributed by atoms with Crippen LogP contribution in [0.2, 0.25) is 0 Å². The van der Waals surface area contributed by atoms with Crippen molar-refractivity contribution in [2.75, 3.05) is 25.9 Å². The van der Waals surface area contributed by atoms with Gasteiger partial charge in [-0.2, -0.15) is 0 Å². The molecule has 0 radical (unpaired) electrons. The van der Waals surface area contributed by atoms with Gasteiger partial charge in [0.1, 0.15) is 5.70 Å². The van der Waals surface area contributed by atoms with Gasteiger partial charge in [-0.05, 0) is 37.6 Å². The number of carbonyl (C=O) groups is 4. The molecule has 1 aromatic rings. The van der Waals surface area contributed by atoms with Crippen molar-refractivity contribution < 1.29 is 42.4 Å². The Hall–Kier alpha value is -3.69. The van der Waals surface area contributed by atoms with E-state index in [9.17, 15) is 42.8 Å². The van der Waals surface area contributed by atoms with E-state index in [4.69, 9.17) is 4.74 Å². The van der Waals surface area contributed by atoms with Gasteiger partial charge in [0.05, 0.1) is 40.7 Å². The fraction of sp³-hybridized carbons (Fsp3) is 0.500. The Morgan fingerprint density at radius 1 is 1.23 bits per heavy atom. The van der Waals surface area contributed by atoms with Gasteiger partial charge in [0, 0.05) is 31.1 Å². The number of benzene rings is 1.